The van der Waals surface area contributed by atoms with Crippen molar-refractivity contribution in [3.63, 3.8) is 0 Å². The van der Waals surface area contributed by atoms with E-state index in [2.05, 4.69) is 98.9 Å². The van der Waals surface area contributed by atoms with Crippen LogP contribution in [0.5, 0.6) is 0 Å². The Kier molecular flexibility index (Phi) is 38.1. The van der Waals surface area contributed by atoms with Gasteiger partial charge in [0.25, 0.3) is 0 Å². The molecule has 298 valence electrons. The van der Waals surface area contributed by atoms with Gasteiger partial charge < -0.3 is 20.1 Å². The third-order valence-corrected chi connectivity index (χ3v) is 8.78. The molecule has 0 aliphatic heterocycles. The standard InChI is InChI=1S/C43H74NO7P/c1-3-5-7-9-11-13-15-17-19-20-21-22-23-24-26-28-30-32-34-36-43(45)51-42(41-50-52(46,47)49-39-37-44)40-48-38-35-33-31-29-27-25-18-16-14-12-10-8-6-4-2/h6,8,11-14,17-19,21-22,25,29,31,42H,3-5,7,9-10,15-16,20,23-24,26-28,30,32-41,44H2,1-2H3,(H,46,47)/b8-6-,13-11-,14-12-,19-17-,22-21-,25-18-,31-29-. The fourth-order valence-electron chi connectivity index (χ4n) is 4.89. The van der Waals surface area contributed by atoms with Gasteiger partial charge in [-0.1, -0.05) is 137 Å². The lowest BCUT2D eigenvalue weighted by Gasteiger charge is -2.20. The van der Waals surface area contributed by atoms with Gasteiger partial charge in [0.15, 0.2) is 0 Å². The Morgan fingerprint density at radius 3 is 1.62 bits per heavy atom. The highest BCUT2D eigenvalue weighted by molar-refractivity contribution is 7.47. The third-order valence-electron chi connectivity index (χ3n) is 7.80. The molecule has 0 radical (unpaired) electrons. The maximum absolute atomic E-state index is 12.6. The third kappa shape index (κ3) is 38.9. The topological polar surface area (TPSA) is 117 Å². The Hall–Kier alpha value is -2.32. The Balaban J connectivity index is 4.19. The number of ether oxygens (including phenoxy) is 2. The van der Waals surface area contributed by atoms with E-state index in [0.717, 1.165) is 83.5 Å². The quantitative estimate of drug-likeness (QED) is 0.0279. The molecule has 9 heteroatoms. The van der Waals surface area contributed by atoms with Crippen molar-refractivity contribution >= 4 is 13.8 Å². The van der Waals surface area contributed by atoms with E-state index < -0.39 is 13.9 Å². The highest BCUT2D eigenvalue weighted by Gasteiger charge is 2.25. The number of carbonyl (C=O) groups is 1. The molecule has 0 heterocycles. The van der Waals surface area contributed by atoms with Crippen LogP contribution in [0.2, 0.25) is 0 Å². The first-order valence-electron chi connectivity index (χ1n) is 20.1. The molecule has 0 rings (SSSR count). The van der Waals surface area contributed by atoms with Crippen molar-refractivity contribution in [2.45, 2.75) is 148 Å². The van der Waals surface area contributed by atoms with Crippen molar-refractivity contribution in [2.75, 3.05) is 33.0 Å². The summed E-state index contributed by atoms with van der Waals surface area (Å²) in [6, 6.07) is 0. The van der Waals surface area contributed by atoms with E-state index in [1.807, 2.05) is 0 Å². The van der Waals surface area contributed by atoms with E-state index in [1.165, 1.54) is 38.5 Å². The number of allylic oxidation sites excluding steroid dienone is 14. The minimum absolute atomic E-state index is 0.0676. The van der Waals surface area contributed by atoms with Crippen LogP contribution in [0.4, 0.5) is 0 Å². The molecule has 0 saturated heterocycles. The van der Waals surface area contributed by atoms with E-state index in [4.69, 9.17) is 24.3 Å². The average molecular weight is 748 g/mol. The summed E-state index contributed by atoms with van der Waals surface area (Å²) in [7, 11) is -4.30. The summed E-state index contributed by atoms with van der Waals surface area (Å²) in [6.45, 7) is 4.58. The van der Waals surface area contributed by atoms with Gasteiger partial charge in [0.05, 0.1) is 19.8 Å². The fourth-order valence-corrected chi connectivity index (χ4v) is 5.65. The second-order valence-corrected chi connectivity index (χ2v) is 14.2. The number of hydrogen-bond acceptors (Lipinski definition) is 7. The van der Waals surface area contributed by atoms with Crippen LogP contribution in [-0.2, 0) is 27.9 Å². The maximum atomic E-state index is 12.6. The van der Waals surface area contributed by atoms with Crippen LogP contribution in [-0.4, -0.2) is 49.9 Å². The van der Waals surface area contributed by atoms with Crippen LogP contribution in [0.1, 0.15) is 142 Å². The van der Waals surface area contributed by atoms with E-state index in [1.54, 1.807) is 0 Å². The molecular formula is C43H74NO7P. The zero-order valence-electron chi connectivity index (χ0n) is 32.8. The SMILES string of the molecule is CC/C=C\C/C=C\C/C=C\C/C=C\CCCOCC(COP(=O)(O)OCCN)OC(=O)CCCCCCCC/C=C\C/C=C\C/C=C\CCCCC. The lowest BCUT2D eigenvalue weighted by Crippen LogP contribution is -2.28. The highest BCUT2D eigenvalue weighted by Crippen LogP contribution is 2.43. The van der Waals surface area contributed by atoms with Crippen molar-refractivity contribution in [1.82, 2.24) is 0 Å². The van der Waals surface area contributed by atoms with Gasteiger partial charge in [-0.2, -0.15) is 0 Å². The molecule has 52 heavy (non-hydrogen) atoms. The second kappa shape index (κ2) is 39.9. The Labute approximate surface area is 318 Å². The van der Waals surface area contributed by atoms with Crippen molar-refractivity contribution < 1.29 is 32.8 Å². The second-order valence-electron chi connectivity index (χ2n) is 12.8. The monoisotopic (exact) mass is 748 g/mol. The Morgan fingerprint density at radius 1 is 0.596 bits per heavy atom. The Morgan fingerprint density at radius 2 is 1.08 bits per heavy atom. The number of carbonyl (C=O) groups excluding carboxylic acids is 1. The molecule has 0 aromatic rings. The summed E-state index contributed by atoms with van der Waals surface area (Å²) >= 11 is 0. The summed E-state index contributed by atoms with van der Waals surface area (Å²) in [4.78, 5) is 22.4. The molecule has 0 amide bonds. The summed E-state index contributed by atoms with van der Waals surface area (Å²) in [5, 5.41) is 0. The fraction of sp³-hybridized carbons (Fsp3) is 0.651. The molecule has 0 aromatic carbocycles. The van der Waals surface area contributed by atoms with Gasteiger partial charge in [-0.25, -0.2) is 4.57 Å². The average Bonchev–Trinajstić information content (AvgIpc) is 3.13. The van der Waals surface area contributed by atoms with Crippen LogP contribution < -0.4 is 5.73 Å². The van der Waals surface area contributed by atoms with Crippen molar-refractivity contribution in [3.05, 3.63) is 85.1 Å². The molecule has 0 aromatic heterocycles. The molecule has 0 saturated carbocycles. The molecule has 0 aliphatic rings. The molecule has 3 N–H and O–H groups in total. The number of hydrogen-bond donors (Lipinski definition) is 2. The summed E-state index contributed by atoms with van der Waals surface area (Å²) in [5.74, 6) is -0.366. The van der Waals surface area contributed by atoms with Crippen LogP contribution in [0.15, 0.2) is 85.1 Å². The number of phosphoric acid groups is 1. The number of rotatable bonds is 37. The predicted octanol–water partition coefficient (Wildman–Crippen LogP) is 11.7. The summed E-state index contributed by atoms with van der Waals surface area (Å²) in [6.07, 6.45) is 50.4. The minimum Gasteiger partial charge on any atom is -0.457 e. The Bertz CT molecular complexity index is 1060. The van der Waals surface area contributed by atoms with Gasteiger partial charge in [-0.05, 0) is 83.5 Å². The van der Waals surface area contributed by atoms with Crippen molar-refractivity contribution in [1.29, 1.82) is 0 Å². The zero-order chi connectivity index (χ0) is 38.1. The first-order chi connectivity index (χ1) is 25.4. The van der Waals surface area contributed by atoms with E-state index in [9.17, 15) is 14.3 Å². The first-order valence-corrected chi connectivity index (χ1v) is 21.6. The molecule has 0 fully saturated rings. The van der Waals surface area contributed by atoms with Crippen molar-refractivity contribution in [3.8, 4) is 0 Å². The van der Waals surface area contributed by atoms with Gasteiger partial charge in [0, 0.05) is 19.6 Å². The molecule has 8 nitrogen and oxygen atoms in total. The van der Waals surface area contributed by atoms with Gasteiger partial charge in [0.2, 0.25) is 0 Å². The largest absolute Gasteiger partial charge is 0.472 e. The highest BCUT2D eigenvalue weighted by atomic mass is 31.2. The number of unbranched alkanes of at least 4 members (excludes halogenated alkanes) is 10. The number of esters is 1. The summed E-state index contributed by atoms with van der Waals surface area (Å²) < 4.78 is 33.3. The minimum atomic E-state index is -4.30. The molecule has 0 aliphatic carbocycles. The van der Waals surface area contributed by atoms with Crippen LogP contribution >= 0.6 is 7.82 Å². The van der Waals surface area contributed by atoms with Gasteiger partial charge in [0.1, 0.15) is 6.10 Å². The molecular weight excluding hydrogens is 673 g/mol. The van der Waals surface area contributed by atoms with Gasteiger partial charge >= 0.3 is 13.8 Å². The van der Waals surface area contributed by atoms with Gasteiger partial charge in [-0.15, -0.1) is 0 Å². The van der Waals surface area contributed by atoms with Crippen LogP contribution in [0, 0.1) is 0 Å². The van der Waals surface area contributed by atoms with E-state index in [-0.39, 0.29) is 38.8 Å². The van der Waals surface area contributed by atoms with E-state index in [0.29, 0.717) is 6.61 Å². The lowest BCUT2D eigenvalue weighted by atomic mass is 10.1. The normalized spacial score (nSPS) is 14.5. The predicted molar refractivity (Wildman–Crippen MR) is 219 cm³/mol. The number of nitrogens with two attached hydrogens (primary N) is 1. The van der Waals surface area contributed by atoms with Crippen molar-refractivity contribution in [2.24, 2.45) is 5.73 Å². The molecule has 0 spiro atoms. The zero-order valence-corrected chi connectivity index (χ0v) is 33.7. The smallest absolute Gasteiger partial charge is 0.457 e. The molecule has 2 atom stereocenters. The number of phosphoric ester groups is 1. The molecule has 0 bridgehead atoms. The molecule has 2 unspecified atom stereocenters. The summed E-state index contributed by atoms with van der Waals surface area (Å²) in [5.41, 5.74) is 5.35. The van der Waals surface area contributed by atoms with Gasteiger partial charge in [-0.3, -0.25) is 13.8 Å². The van der Waals surface area contributed by atoms with Crippen LogP contribution in [0.25, 0.3) is 0 Å². The maximum Gasteiger partial charge on any atom is 0.472 e. The first kappa shape index (κ1) is 49.7. The van der Waals surface area contributed by atoms with Crippen LogP contribution in [0.3, 0.4) is 0 Å². The lowest BCUT2D eigenvalue weighted by molar-refractivity contribution is -0.154. The van der Waals surface area contributed by atoms with E-state index >= 15 is 0 Å².